The van der Waals surface area contributed by atoms with Gasteiger partial charge in [0.25, 0.3) is 0 Å². The number of carboxylic acids is 1. The molecule has 1 amide bonds. The van der Waals surface area contributed by atoms with Crippen molar-refractivity contribution in [2.45, 2.75) is 63.8 Å². The van der Waals surface area contributed by atoms with Crippen molar-refractivity contribution in [3.63, 3.8) is 0 Å². The van der Waals surface area contributed by atoms with Crippen LogP contribution < -0.4 is 10.6 Å². The number of amides is 1. The van der Waals surface area contributed by atoms with Crippen molar-refractivity contribution < 1.29 is 14.7 Å². The maximum atomic E-state index is 12.6. The Balaban J connectivity index is 1.91. The van der Waals surface area contributed by atoms with E-state index in [4.69, 9.17) is 0 Å². The van der Waals surface area contributed by atoms with E-state index in [9.17, 15) is 14.7 Å². The lowest BCUT2D eigenvalue weighted by molar-refractivity contribution is -0.145. The third-order valence-corrected chi connectivity index (χ3v) is 5.11. The first-order valence-electron chi connectivity index (χ1n) is 8.35. The SMILES string of the molecule is CCCC1(C(=O)NCC2CCCCC2C(=O)O)CCCN1. The number of carbonyl (C=O) groups excluding carboxylic acids is 1. The summed E-state index contributed by atoms with van der Waals surface area (Å²) in [5.41, 5.74) is -0.415. The quantitative estimate of drug-likeness (QED) is 0.699. The summed E-state index contributed by atoms with van der Waals surface area (Å²) in [5, 5.41) is 15.7. The molecular formula is C16H28N2O3. The van der Waals surface area contributed by atoms with E-state index in [1.54, 1.807) is 0 Å². The maximum absolute atomic E-state index is 12.6. The Labute approximate surface area is 126 Å². The molecule has 0 aromatic carbocycles. The lowest BCUT2D eigenvalue weighted by Gasteiger charge is -2.32. The van der Waals surface area contributed by atoms with Crippen molar-refractivity contribution in [2.75, 3.05) is 13.1 Å². The molecule has 0 aromatic rings. The van der Waals surface area contributed by atoms with Gasteiger partial charge < -0.3 is 15.7 Å². The molecule has 2 aliphatic rings. The van der Waals surface area contributed by atoms with Gasteiger partial charge in [0, 0.05) is 6.54 Å². The van der Waals surface area contributed by atoms with Gasteiger partial charge in [0.05, 0.1) is 11.5 Å². The van der Waals surface area contributed by atoms with Gasteiger partial charge >= 0.3 is 5.97 Å². The second-order valence-corrected chi connectivity index (χ2v) is 6.56. The summed E-state index contributed by atoms with van der Waals surface area (Å²) in [6, 6.07) is 0. The van der Waals surface area contributed by atoms with E-state index in [-0.39, 0.29) is 17.7 Å². The van der Waals surface area contributed by atoms with Gasteiger partial charge in [0.1, 0.15) is 0 Å². The lowest BCUT2D eigenvalue weighted by Crippen LogP contribution is -2.54. The van der Waals surface area contributed by atoms with Crippen LogP contribution in [0.1, 0.15) is 58.3 Å². The number of aliphatic carboxylic acids is 1. The fraction of sp³-hybridized carbons (Fsp3) is 0.875. The molecule has 120 valence electrons. The molecule has 0 bridgehead atoms. The van der Waals surface area contributed by atoms with Crippen LogP contribution in [0.25, 0.3) is 0 Å². The van der Waals surface area contributed by atoms with E-state index in [1.807, 2.05) is 0 Å². The van der Waals surface area contributed by atoms with Crippen LogP contribution in [0.4, 0.5) is 0 Å². The molecule has 1 aliphatic heterocycles. The first kappa shape index (κ1) is 16.3. The topological polar surface area (TPSA) is 78.4 Å². The highest BCUT2D eigenvalue weighted by Gasteiger charge is 2.40. The number of hydrogen-bond acceptors (Lipinski definition) is 3. The molecule has 0 radical (unpaired) electrons. The molecule has 0 spiro atoms. The Morgan fingerprint density at radius 3 is 2.67 bits per heavy atom. The van der Waals surface area contributed by atoms with E-state index in [0.717, 1.165) is 57.9 Å². The van der Waals surface area contributed by atoms with Crippen molar-refractivity contribution in [2.24, 2.45) is 11.8 Å². The van der Waals surface area contributed by atoms with Crippen molar-refractivity contribution in [3.8, 4) is 0 Å². The molecule has 3 atom stereocenters. The van der Waals surface area contributed by atoms with E-state index >= 15 is 0 Å². The predicted octanol–water partition coefficient (Wildman–Crippen LogP) is 1.92. The summed E-state index contributed by atoms with van der Waals surface area (Å²) < 4.78 is 0. The molecule has 3 unspecified atom stereocenters. The van der Waals surface area contributed by atoms with Gasteiger partial charge in [-0.25, -0.2) is 0 Å². The summed E-state index contributed by atoms with van der Waals surface area (Å²) in [6.07, 6.45) is 7.47. The van der Waals surface area contributed by atoms with Crippen LogP contribution in [-0.2, 0) is 9.59 Å². The molecule has 1 saturated heterocycles. The first-order chi connectivity index (χ1) is 10.1. The molecule has 1 aliphatic carbocycles. The number of nitrogens with one attached hydrogen (secondary N) is 2. The highest BCUT2D eigenvalue weighted by Crippen LogP contribution is 2.30. The fourth-order valence-electron chi connectivity index (χ4n) is 3.92. The van der Waals surface area contributed by atoms with Crippen LogP contribution in [0, 0.1) is 11.8 Å². The van der Waals surface area contributed by atoms with Crippen molar-refractivity contribution in [1.82, 2.24) is 10.6 Å². The predicted molar refractivity (Wildman–Crippen MR) is 81.0 cm³/mol. The zero-order valence-electron chi connectivity index (χ0n) is 13.0. The summed E-state index contributed by atoms with van der Waals surface area (Å²) >= 11 is 0. The monoisotopic (exact) mass is 296 g/mol. The molecule has 3 N–H and O–H groups in total. The van der Waals surface area contributed by atoms with Crippen molar-refractivity contribution in [1.29, 1.82) is 0 Å². The van der Waals surface area contributed by atoms with E-state index < -0.39 is 11.5 Å². The van der Waals surface area contributed by atoms with Crippen LogP contribution in [0.2, 0.25) is 0 Å². The summed E-state index contributed by atoms with van der Waals surface area (Å²) in [6.45, 7) is 3.49. The third-order valence-electron chi connectivity index (χ3n) is 5.11. The zero-order valence-corrected chi connectivity index (χ0v) is 13.0. The van der Waals surface area contributed by atoms with Crippen molar-refractivity contribution in [3.05, 3.63) is 0 Å². The molecule has 5 nitrogen and oxygen atoms in total. The van der Waals surface area contributed by atoms with Gasteiger partial charge in [0.15, 0.2) is 0 Å². The standard InChI is InChI=1S/C16H28N2O3/c1-2-8-16(9-5-10-18-16)15(21)17-11-12-6-3-4-7-13(12)14(19)20/h12-13,18H,2-11H2,1H3,(H,17,21)(H,19,20). The second-order valence-electron chi connectivity index (χ2n) is 6.56. The maximum Gasteiger partial charge on any atom is 0.306 e. The van der Waals surface area contributed by atoms with E-state index in [0.29, 0.717) is 6.54 Å². The first-order valence-corrected chi connectivity index (χ1v) is 8.35. The molecule has 0 aromatic heterocycles. The van der Waals surface area contributed by atoms with Crippen LogP contribution in [-0.4, -0.2) is 35.6 Å². The smallest absolute Gasteiger partial charge is 0.306 e. The fourth-order valence-corrected chi connectivity index (χ4v) is 3.92. The van der Waals surface area contributed by atoms with Gasteiger partial charge in [-0.1, -0.05) is 26.2 Å². The minimum absolute atomic E-state index is 0.0663. The van der Waals surface area contributed by atoms with Gasteiger partial charge in [-0.15, -0.1) is 0 Å². The average Bonchev–Trinajstić information content (AvgIpc) is 2.95. The molecular weight excluding hydrogens is 268 g/mol. The molecule has 1 saturated carbocycles. The number of hydrogen-bond donors (Lipinski definition) is 3. The van der Waals surface area contributed by atoms with Crippen LogP contribution in [0.3, 0.4) is 0 Å². The Kier molecular flexibility index (Phi) is 5.62. The molecule has 5 heteroatoms. The van der Waals surface area contributed by atoms with Crippen LogP contribution in [0.15, 0.2) is 0 Å². The molecule has 2 fully saturated rings. The summed E-state index contributed by atoms with van der Waals surface area (Å²) in [4.78, 5) is 23.9. The number of rotatable bonds is 6. The van der Waals surface area contributed by atoms with Crippen LogP contribution >= 0.6 is 0 Å². The Hall–Kier alpha value is -1.10. The minimum atomic E-state index is -0.712. The van der Waals surface area contributed by atoms with Crippen molar-refractivity contribution >= 4 is 11.9 Å². The summed E-state index contributed by atoms with van der Waals surface area (Å²) in [5.74, 6) is -0.856. The van der Waals surface area contributed by atoms with E-state index in [1.165, 1.54) is 0 Å². The number of carboxylic acid groups (broad SMARTS) is 1. The highest BCUT2D eigenvalue weighted by atomic mass is 16.4. The number of carbonyl (C=O) groups is 2. The van der Waals surface area contributed by atoms with Gasteiger partial charge in [-0.3, -0.25) is 9.59 Å². The normalized spacial score (nSPS) is 32.8. The second kappa shape index (κ2) is 7.25. The minimum Gasteiger partial charge on any atom is -0.481 e. The average molecular weight is 296 g/mol. The van der Waals surface area contributed by atoms with Crippen LogP contribution in [0.5, 0.6) is 0 Å². The Morgan fingerprint density at radius 2 is 2.05 bits per heavy atom. The Bertz CT molecular complexity index is 378. The van der Waals surface area contributed by atoms with Gasteiger partial charge in [-0.05, 0) is 44.6 Å². The molecule has 2 rings (SSSR count). The van der Waals surface area contributed by atoms with Gasteiger partial charge in [0.2, 0.25) is 5.91 Å². The highest BCUT2D eigenvalue weighted by molar-refractivity contribution is 5.86. The molecule has 1 heterocycles. The van der Waals surface area contributed by atoms with Gasteiger partial charge in [-0.2, -0.15) is 0 Å². The molecule has 21 heavy (non-hydrogen) atoms. The summed E-state index contributed by atoms with van der Waals surface area (Å²) in [7, 11) is 0. The van der Waals surface area contributed by atoms with E-state index in [2.05, 4.69) is 17.6 Å². The lowest BCUT2D eigenvalue weighted by atomic mass is 9.79. The Morgan fingerprint density at radius 1 is 1.29 bits per heavy atom. The zero-order chi connectivity index (χ0) is 15.3. The largest absolute Gasteiger partial charge is 0.481 e. The third kappa shape index (κ3) is 3.76.